The molecule has 7 heteroatoms. The van der Waals surface area contributed by atoms with Crippen LogP contribution >= 0.6 is 0 Å². The predicted molar refractivity (Wildman–Crippen MR) is 80.0 cm³/mol. The minimum Gasteiger partial charge on any atom is -0.497 e. The van der Waals surface area contributed by atoms with E-state index >= 15 is 0 Å². The molecule has 1 fully saturated rings. The third-order valence-corrected chi connectivity index (χ3v) is 4.88. The second-order valence-electron chi connectivity index (χ2n) is 4.89. The zero-order valence-electron chi connectivity index (χ0n) is 12.2. The van der Waals surface area contributed by atoms with Crippen molar-refractivity contribution in [3.05, 3.63) is 24.3 Å². The number of methoxy groups -OCH3 is 1. The molecule has 0 bridgehead atoms. The van der Waals surface area contributed by atoms with Crippen LogP contribution in [0.25, 0.3) is 0 Å². The minimum atomic E-state index is -3.49. The van der Waals surface area contributed by atoms with Gasteiger partial charge in [-0.2, -0.15) is 0 Å². The normalized spacial score (nSPS) is 16.8. The maximum atomic E-state index is 12.1. The second kappa shape index (κ2) is 7.74. The standard InChI is InChI=1S/C14H22N2O4S/c1-19-12-2-4-14(5-3-12)21(17,18)16-10-11-20-13-6-8-15-9-7-13/h2-5,13,15-16H,6-11H2,1H3. The van der Waals surface area contributed by atoms with E-state index in [4.69, 9.17) is 9.47 Å². The van der Waals surface area contributed by atoms with Crippen LogP contribution in [-0.2, 0) is 14.8 Å². The Morgan fingerprint density at radius 3 is 2.52 bits per heavy atom. The van der Waals surface area contributed by atoms with Gasteiger partial charge in [-0.05, 0) is 50.2 Å². The lowest BCUT2D eigenvalue weighted by Crippen LogP contribution is -2.34. The van der Waals surface area contributed by atoms with Crippen LogP contribution in [0.5, 0.6) is 5.75 Å². The smallest absolute Gasteiger partial charge is 0.240 e. The summed E-state index contributed by atoms with van der Waals surface area (Å²) in [5.41, 5.74) is 0. The van der Waals surface area contributed by atoms with Crippen molar-refractivity contribution in [3.63, 3.8) is 0 Å². The van der Waals surface area contributed by atoms with Crippen LogP contribution in [0.4, 0.5) is 0 Å². The number of nitrogens with one attached hydrogen (secondary N) is 2. The van der Waals surface area contributed by atoms with Crippen LogP contribution in [-0.4, -0.2) is 47.9 Å². The molecule has 0 atom stereocenters. The Balaban J connectivity index is 1.77. The molecule has 0 unspecified atom stereocenters. The van der Waals surface area contributed by atoms with E-state index in [0.29, 0.717) is 12.4 Å². The highest BCUT2D eigenvalue weighted by molar-refractivity contribution is 7.89. The van der Waals surface area contributed by atoms with Gasteiger partial charge in [0.25, 0.3) is 0 Å². The molecule has 0 saturated carbocycles. The van der Waals surface area contributed by atoms with Crippen molar-refractivity contribution in [1.29, 1.82) is 0 Å². The highest BCUT2D eigenvalue weighted by Gasteiger charge is 2.15. The summed E-state index contributed by atoms with van der Waals surface area (Å²) in [4.78, 5) is 0.227. The molecule has 118 valence electrons. The van der Waals surface area contributed by atoms with Crippen LogP contribution < -0.4 is 14.8 Å². The number of rotatable bonds is 7. The first-order valence-electron chi connectivity index (χ1n) is 7.08. The van der Waals surface area contributed by atoms with E-state index < -0.39 is 10.0 Å². The summed E-state index contributed by atoms with van der Waals surface area (Å²) in [6.45, 7) is 2.59. The lowest BCUT2D eigenvalue weighted by Gasteiger charge is -2.22. The Bertz CT molecular complexity index is 524. The minimum absolute atomic E-state index is 0.227. The quantitative estimate of drug-likeness (QED) is 0.726. The number of sulfonamides is 1. The molecule has 1 aromatic rings. The van der Waals surface area contributed by atoms with Crippen molar-refractivity contribution in [2.75, 3.05) is 33.4 Å². The molecule has 1 aromatic carbocycles. The van der Waals surface area contributed by atoms with Crippen molar-refractivity contribution in [3.8, 4) is 5.75 Å². The summed E-state index contributed by atoms with van der Waals surface area (Å²) in [7, 11) is -1.94. The van der Waals surface area contributed by atoms with Crippen molar-refractivity contribution < 1.29 is 17.9 Å². The van der Waals surface area contributed by atoms with Crippen molar-refractivity contribution >= 4 is 10.0 Å². The first kappa shape index (κ1) is 16.2. The topological polar surface area (TPSA) is 76.7 Å². The van der Waals surface area contributed by atoms with Crippen LogP contribution in [0.3, 0.4) is 0 Å². The highest BCUT2D eigenvalue weighted by Crippen LogP contribution is 2.15. The SMILES string of the molecule is COc1ccc(S(=O)(=O)NCCOC2CCNCC2)cc1. The average Bonchev–Trinajstić information content (AvgIpc) is 2.53. The maximum Gasteiger partial charge on any atom is 0.240 e. The van der Waals surface area contributed by atoms with Gasteiger partial charge in [-0.1, -0.05) is 0 Å². The number of benzene rings is 1. The van der Waals surface area contributed by atoms with E-state index in [9.17, 15) is 8.42 Å². The van der Waals surface area contributed by atoms with Crippen LogP contribution in [0.1, 0.15) is 12.8 Å². The molecule has 2 rings (SSSR count). The molecule has 0 aromatic heterocycles. The first-order valence-corrected chi connectivity index (χ1v) is 8.56. The number of hydrogen-bond donors (Lipinski definition) is 2. The third kappa shape index (κ3) is 4.96. The number of piperidine rings is 1. The Morgan fingerprint density at radius 2 is 1.90 bits per heavy atom. The Morgan fingerprint density at radius 1 is 1.24 bits per heavy atom. The summed E-state index contributed by atoms with van der Waals surface area (Å²) in [5, 5.41) is 3.26. The highest BCUT2D eigenvalue weighted by atomic mass is 32.2. The van der Waals surface area contributed by atoms with Crippen LogP contribution in [0, 0.1) is 0 Å². The fourth-order valence-electron chi connectivity index (χ4n) is 2.20. The van der Waals surface area contributed by atoms with E-state index in [1.165, 1.54) is 12.1 Å². The summed E-state index contributed by atoms with van der Waals surface area (Å²) < 4.78 is 37.3. The molecule has 1 aliphatic heterocycles. The van der Waals surface area contributed by atoms with Crippen LogP contribution in [0.2, 0.25) is 0 Å². The summed E-state index contributed by atoms with van der Waals surface area (Å²) in [5.74, 6) is 0.628. The van der Waals surface area contributed by atoms with Gasteiger partial charge in [-0.3, -0.25) is 0 Å². The third-order valence-electron chi connectivity index (χ3n) is 3.40. The molecule has 1 heterocycles. The molecular weight excluding hydrogens is 292 g/mol. The number of hydrogen-bond acceptors (Lipinski definition) is 5. The second-order valence-corrected chi connectivity index (χ2v) is 6.66. The van der Waals surface area contributed by atoms with Gasteiger partial charge in [0.2, 0.25) is 10.0 Å². The van der Waals surface area contributed by atoms with Gasteiger partial charge in [0.05, 0.1) is 24.7 Å². The van der Waals surface area contributed by atoms with E-state index in [1.54, 1.807) is 19.2 Å². The van der Waals surface area contributed by atoms with Gasteiger partial charge in [-0.25, -0.2) is 13.1 Å². The Kier molecular flexibility index (Phi) is 5.98. The largest absolute Gasteiger partial charge is 0.497 e. The fourth-order valence-corrected chi connectivity index (χ4v) is 3.22. The molecule has 1 saturated heterocycles. The number of ether oxygens (including phenoxy) is 2. The van der Waals surface area contributed by atoms with Gasteiger partial charge in [0.1, 0.15) is 5.75 Å². The Hall–Kier alpha value is -1.15. The lowest BCUT2D eigenvalue weighted by molar-refractivity contribution is 0.0367. The van der Waals surface area contributed by atoms with E-state index in [1.807, 2.05) is 0 Å². The van der Waals surface area contributed by atoms with E-state index in [0.717, 1.165) is 25.9 Å². The monoisotopic (exact) mass is 314 g/mol. The van der Waals surface area contributed by atoms with E-state index in [-0.39, 0.29) is 17.5 Å². The van der Waals surface area contributed by atoms with Gasteiger partial charge < -0.3 is 14.8 Å². The summed E-state index contributed by atoms with van der Waals surface area (Å²) in [6.07, 6.45) is 2.19. The van der Waals surface area contributed by atoms with Crippen LogP contribution in [0.15, 0.2) is 29.2 Å². The molecule has 1 aliphatic rings. The predicted octanol–water partition coefficient (Wildman–Crippen LogP) is 0.742. The molecule has 2 N–H and O–H groups in total. The molecule has 0 radical (unpaired) electrons. The van der Waals surface area contributed by atoms with Gasteiger partial charge in [0, 0.05) is 6.54 Å². The zero-order valence-corrected chi connectivity index (χ0v) is 13.0. The van der Waals surface area contributed by atoms with Crippen molar-refractivity contribution in [2.24, 2.45) is 0 Å². The zero-order chi connectivity index (χ0) is 15.1. The van der Waals surface area contributed by atoms with Crippen molar-refractivity contribution in [1.82, 2.24) is 10.0 Å². The molecule has 21 heavy (non-hydrogen) atoms. The molecule has 6 nitrogen and oxygen atoms in total. The van der Waals surface area contributed by atoms with Gasteiger partial charge in [0.15, 0.2) is 0 Å². The first-order chi connectivity index (χ1) is 10.1. The fraction of sp³-hybridized carbons (Fsp3) is 0.571. The van der Waals surface area contributed by atoms with Gasteiger partial charge in [-0.15, -0.1) is 0 Å². The van der Waals surface area contributed by atoms with Gasteiger partial charge >= 0.3 is 0 Å². The lowest BCUT2D eigenvalue weighted by atomic mass is 10.1. The maximum absolute atomic E-state index is 12.1. The summed E-state index contributed by atoms with van der Waals surface area (Å²) in [6, 6.07) is 6.30. The Labute approximate surface area is 125 Å². The molecule has 0 spiro atoms. The van der Waals surface area contributed by atoms with Crippen molar-refractivity contribution in [2.45, 2.75) is 23.8 Å². The average molecular weight is 314 g/mol. The molecule has 0 amide bonds. The summed E-state index contributed by atoms with van der Waals surface area (Å²) >= 11 is 0. The van der Waals surface area contributed by atoms with E-state index in [2.05, 4.69) is 10.0 Å². The molecular formula is C14H22N2O4S. The molecule has 0 aliphatic carbocycles.